The second kappa shape index (κ2) is 6.30. The molecule has 1 aromatic heterocycles. The number of carbonyl (C=O) groups is 1. The minimum Gasteiger partial charge on any atom is -0.504 e. The minimum atomic E-state index is -0.804. The average Bonchev–Trinajstić information content (AvgIpc) is 2.99. The number of benzene rings is 1. The van der Waals surface area contributed by atoms with E-state index in [0.717, 1.165) is 0 Å². The molecular weight excluding hydrogens is 274 g/mol. The molecule has 1 aromatic carbocycles. The molecule has 0 amide bonds. The van der Waals surface area contributed by atoms with Crippen LogP contribution >= 0.6 is 0 Å². The number of aromatic hydroxyl groups is 2. The van der Waals surface area contributed by atoms with Gasteiger partial charge >= 0.3 is 5.97 Å². The Hall–Kier alpha value is -3.20. The molecule has 0 aliphatic rings. The molecule has 2 rings (SSSR count). The summed E-state index contributed by atoms with van der Waals surface area (Å²) in [6, 6.07) is 8.96. The molecule has 1 heterocycles. The SMILES string of the molecule is N#C/C(=C\c1ccc(O)c(O)c1)C(=O)OCc1ccco1. The van der Waals surface area contributed by atoms with E-state index in [1.54, 1.807) is 18.2 Å². The minimum absolute atomic E-state index is 0.0777. The molecule has 0 fully saturated rings. The summed E-state index contributed by atoms with van der Waals surface area (Å²) in [6.07, 6.45) is 2.70. The number of phenolic OH excluding ortho intramolecular Hbond substituents is 2. The number of ether oxygens (including phenoxy) is 1. The zero-order valence-corrected chi connectivity index (χ0v) is 10.8. The third-order valence-corrected chi connectivity index (χ3v) is 2.58. The number of nitriles is 1. The van der Waals surface area contributed by atoms with E-state index in [0.29, 0.717) is 11.3 Å². The fraction of sp³-hybridized carbons (Fsp3) is 0.0667. The molecule has 0 saturated carbocycles. The van der Waals surface area contributed by atoms with Gasteiger partial charge in [0.1, 0.15) is 24.0 Å². The predicted octanol–water partition coefficient (Wildman–Crippen LogP) is 2.34. The Labute approximate surface area is 120 Å². The number of nitrogens with zero attached hydrogens (tertiary/aromatic N) is 1. The van der Waals surface area contributed by atoms with Crippen molar-refractivity contribution in [1.29, 1.82) is 5.26 Å². The van der Waals surface area contributed by atoms with Crippen molar-refractivity contribution in [3.05, 3.63) is 53.5 Å². The van der Waals surface area contributed by atoms with Crippen molar-refractivity contribution in [2.45, 2.75) is 6.61 Å². The maximum Gasteiger partial charge on any atom is 0.349 e. The van der Waals surface area contributed by atoms with Crippen molar-refractivity contribution >= 4 is 12.0 Å². The topological polar surface area (TPSA) is 104 Å². The molecule has 6 heteroatoms. The van der Waals surface area contributed by atoms with E-state index < -0.39 is 5.97 Å². The third kappa shape index (κ3) is 3.64. The van der Waals surface area contributed by atoms with Gasteiger partial charge in [0, 0.05) is 0 Å². The van der Waals surface area contributed by atoms with Gasteiger partial charge in [-0.3, -0.25) is 0 Å². The molecule has 0 saturated heterocycles. The standard InChI is InChI=1S/C15H11NO5/c16-8-11(6-10-3-4-13(17)14(18)7-10)15(19)21-9-12-2-1-5-20-12/h1-7,17-18H,9H2/b11-6+. The lowest BCUT2D eigenvalue weighted by molar-refractivity contribution is -0.140. The van der Waals surface area contributed by atoms with E-state index in [2.05, 4.69) is 0 Å². The van der Waals surface area contributed by atoms with Gasteiger partial charge in [-0.05, 0) is 35.9 Å². The summed E-state index contributed by atoms with van der Waals surface area (Å²) in [4.78, 5) is 11.8. The molecule has 21 heavy (non-hydrogen) atoms. The summed E-state index contributed by atoms with van der Waals surface area (Å²) in [6.45, 7) is -0.0777. The lowest BCUT2D eigenvalue weighted by Gasteiger charge is -2.02. The van der Waals surface area contributed by atoms with Gasteiger partial charge in [0.05, 0.1) is 6.26 Å². The first kappa shape index (κ1) is 14.2. The van der Waals surface area contributed by atoms with Crippen LogP contribution < -0.4 is 0 Å². The van der Waals surface area contributed by atoms with Crippen molar-refractivity contribution in [2.24, 2.45) is 0 Å². The molecule has 106 valence electrons. The van der Waals surface area contributed by atoms with Crippen LogP contribution in [-0.4, -0.2) is 16.2 Å². The zero-order chi connectivity index (χ0) is 15.2. The Balaban J connectivity index is 2.10. The first-order chi connectivity index (χ1) is 10.1. The number of carbonyl (C=O) groups excluding carboxylic acids is 1. The van der Waals surface area contributed by atoms with E-state index >= 15 is 0 Å². The summed E-state index contributed by atoms with van der Waals surface area (Å²) in [5.74, 6) is -0.972. The second-order valence-corrected chi connectivity index (χ2v) is 4.07. The van der Waals surface area contributed by atoms with Crippen LogP contribution in [-0.2, 0) is 16.1 Å². The first-order valence-electron chi connectivity index (χ1n) is 5.93. The van der Waals surface area contributed by atoms with Crippen LogP contribution in [0, 0.1) is 11.3 Å². The number of furan rings is 1. The molecule has 0 spiro atoms. The van der Waals surface area contributed by atoms with E-state index in [9.17, 15) is 15.0 Å². The maximum absolute atomic E-state index is 11.8. The monoisotopic (exact) mass is 285 g/mol. The van der Waals surface area contributed by atoms with E-state index in [4.69, 9.17) is 14.4 Å². The molecule has 0 atom stereocenters. The van der Waals surface area contributed by atoms with Crippen molar-refractivity contribution < 1.29 is 24.2 Å². The van der Waals surface area contributed by atoms with Crippen molar-refractivity contribution in [1.82, 2.24) is 0 Å². The van der Waals surface area contributed by atoms with E-state index in [1.807, 2.05) is 0 Å². The molecule has 6 nitrogen and oxygen atoms in total. The Kier molecular flexibility index (Phi) is 4.26. The smallest absolute Gasteiger partial charge is 0.349 e. The Morgan fingerprint density at radius 1 is 1.33 bits per heavy atom. The summed E-state index contributed by atoms with van der Waals surface area (Å²) >= 11 is 0. The van der Waals surface area contributed by atoms with Gasteiger partial charge in [-0.25, -0.2) is 4.79 Å². The highest BCUT2D eigenvalue weighted by Crippen LogP contribution is 2.26. The highest BCUT2D eigenvalue weighted by atomic mass is 16.5. The van der Waals surface area contributed by atoms with Gasteiger partial charge in [0.25, 0.3) is 0 Å². The molecule has 0 aliphatic carbocycles. The number of esters is 1. The summed E-state index contributed by atoms with van der Waals surface area (Å²) in [5, 5.41) is 27.5. The maximum atomic E-state index is 11.8. The van der Waals surface area contributed by atoms with Crippen LogP contribution in [0.1, 0.15) is 11.3 Å². The van der Waals surface area contributed by atoms with Gasteiger partial charge in [0.15, 0.2) is 11.5 Å². The van der Waals surface area contributed by atoms with E-state index in [1.165, 1.54) is 30.5 Å². The van der Waals surface area contributed by atoms with Gasteiger partial charge in [-0.2, -0.15) is 5.26 Å². The van der Waals surface area contributed by atoms with Crippen molar-refractivity contribution in [3.63, 3.8) is 0 Å². The number of rotatable bonds is 4. The highest BCUT2D eigenvalue weighted by molar-refractivity contribution is 5.97. The highest BCUT2D eigenvalue weighted by Gasteiger charge is 2.12. The lowest BCUT2D eigenvalue weighted by Crippen LogP contribution is -2.06. The van der Waals surface area contributed by atoms with E-state index in [-0.39, 0.29) is 23.7 Å². The Morgan fingerprint density at radius 2 is 2.14 bits per heavy atom. The molecule has 2 N–H and O–H groups in total. The number of hydrogen-bond acceptors (Lipinski definition) is 6. The summed E-state index contributed by atoms with van der Waals surface area (Å²) in [7, 11) is 0. The van der Waals surface area contributed by atoms with Crippen LogP contribution in [0.2, 0.25) is 0 Å². The molecule has 0 aliphatic heterocycles. The Morgan fingerprint density at radius 3 is 2.76 bits per heavy atom. The first-order valence-corrected chi connectivity index (χ1v) is 5.93. The van der Waals surface area contributed by atoms with Crippen LogP contribution in [0.25, 0.3) is 6.08 Å². The fourth-order valence-corrected chi connectivity index (χ4v) is 1.54. The molecule has 0 bridgehead atoms. The molecular formula is C15H11NO5. The van der Waals surface area contributed by atoms with Crippen LogP contribution in [0.4, 0.5) is 0 Å². The molecule has 0 unspecified atom stereocenters. The average molecular weight is 285 g/mol. The zero-order valence-electron chi connectivity index (χ0n) is 10.8. The number of hydrogen-bond donors (Lipinski definition) is 2. The summed E-state index contributed by atoms with van der Waals surface area (Å²) in [5.41, 5.74) is 0.156. The van der Waals surface area contributed by atoms with Crippen LogP contribution in [0.3, 0.4) is 0 Å². The quantitative estimate of drug-likeness (QED) is 0.387. The van der Waals surface area contributed by atoms with Gasteiger partial charge in [0.2, 0.25) is 0 Å². The Bertz CT molecular complexity index is 710. The summed E-state index contributed by atoms with van der Waals surface area (Å²) < 4.78 is 9.93. The van der Waals surface area contributed by atoms with Crippen molar-refractivity contribution in [3.8, 4) is 17.6 Å². The number of phenols is 2. The van der Waals surface area contributed by atoms with Gasteiger partial charge in [-0.15, -0.1) is 0 Å². The fourth-order valence-electron chi connectivity index (χ4n) is 1.54. The second-order valence-electron chi connectivity index (χ2n) is 4.07. The predicted molar refractivity (Wildman–Crippen MR) is 71.9 cm³/mol. The lowest BCUT2D eigenvalue weighted by atomic mass is 10.1. The van der Waals surface area contributed by atoms with Crippen molar-refractivity contribution in [2.75, 3.05) is 0 Å². The third-order valence-electron chi connectivity index (χ3n) is 2.58. The van der Waals surface area contributed by atoms with Gasteiger partial charge < -0.3 is 19.4 Å². The normalized spacial score (nSPS) is 10.9. The van der Waals surface area contributed by atoms with Crippen LogP contribution in [0.5, 0.6) is 11.5 Å². The van der Waals surface area contributed by atoms with Crippen LogP contribution in [0.15, 0.2) is 46.6 Å². The molecule has 0 radical (unpaired) electrons. The molecule has 2 aromatic rings. The largest absolute Gasteiger partial charge is 0.504 e. The van der Waals surface area contributed by atoms with Gasteiger partial charge in [-0.1, -0.05) is 6.07 Å².